The predicted octanol–water partition coefficient (Wildman–Crippen LogP) is 2.93. The van der Waals surface area contributed by atoms with Gasteiger partial charge in [-0.25, -0.2) is 0 Å². The van der Waals surface area contributed by atoms with Crippen molar-refractivity contribution in [2.75, 3.05) is 13.2 Å². The first-order valence-corrected chi connectivity index (χ1v) is 15.6. The summed E-state index contributed by atoms with van der Waals surface area (Å²) in [7, 11) is 0. The van der Waals surface area contributed by atoms with Crippen LogP contribution in [0.15, 0.2) is 107 Å². The number of ketones is 1. The standard InChI is InChI=1S/C29H22ClNO3Se2/c30-22-18-29-23(19-10-4-1-5-11-19)25(35-20-12-6-2-7-13-20)28(33)31(29)16-17-34-27(29)26(24(22)32)36-21-14-8-3-9-15-21/h1-15,18,26-27H,16-17H2. The van der Waals surface area contributed by atoms with Crippen molar-refractivity contribution >= 4 is 67.7 Å². The number of morpholine rings is 1. The number of halogens is 1. The topological polar surface area (TPSA) is 46.6 Å². The van der Waals surface area contributed by atoms with E-state index in [2.05, 4.69) is 12.1 Å². The Labute approximate surface area is 227 Å². The second kappa shape index (κ2) is 9.79. The molecular formula is C29H22ClNO3Se2. The van der Waals surface area contributed by atoms with Crippen LogP contribution in [0.25, 0.3) is 5.57 Å². The van der Waals surface area contributed by atoms with E-state index in [1.807, 2.05) is 89.8 Å². The molecule has 0 saturated carbocycles. The molecule has 2 heterocycles. The van der Waals surface area contributed by atoms with E-state index in [0.29, 0.717) is 13.2 Å². The summed E-state index contributed by atoms with van der Waals surface area (Å²) < 4.78 is 9.49. The molecule has 4 nitrogen and oxygen atoms in total. The molecule has 36 heavy (non-hydrogen) atoms. The molecule has 0 radical (unpaired) electrons. The van der Waals surface area contributed by atoms with Gasteiger partial charge >= 0.3 is 229 Å². The molecule has 3 atom stereocenters. The maximum absolute atomic E-state index is 14.1. The maximum atomic E-state index is 14.1. The Morgan fingerprint density at radius 2 is 1.47 bits per heavy atom. The molecule has 0 aromatic heterocycles. The zero-order valence-electron chi connectivity index (χ0n) is 19.2. The van der Waals surface area contributed by atoms with Gasteiger partial charge in [-0.05, 0) is 0 Å². The summed E-state index contributed by atoms with van der Waals surface area (Å²) in [4.78, 5) is 29.1. The third kappa shape index (κ3) is 3.94. The van der Waals surface area contributed by atoms with Gasteiger partial charge in [0.15, 0.2) is 0 Å². The minimum atomic E-state index is -0.908. The summed E-state index contributed by atoms with van der Waals surface area (Å²) in [6.07, 6.45) is 1.32. The van der Waals surface area contributed by atoms with Crippen molar-refractivity contribution in [2.24, 2.45) is 0 Å². The first-order valence-electron chi connectivity index (χ1n) is 11.7. The Morgan fingerprint density at radius 1 is 0.861 bits per heavy atom. The molecule has 1 fully saturated rings. The number of ether oxygens (including phenoxy) is 1. The Morgan fingerprint density at radius 3 is 2.14 bits per heavy atom. The van der Waals surface area contributed by atoms with Crippen LogP contribution in [0.3, 0.4) is 0 Å². The van der Waals surface area contributed by atoms with E-state index in [-0.39, 0.29) is 46.6 Å². The SMILES string of the molecule is O=C1C(Cl)=CC23C(c4ccccc4)=C([Se]c4ccccc4)C(=O)N2CCOC3C1[Se]c1ccccc1. The predicted molar refractivity (Wildman–Crippen MR) is 144 cm³/mol. The van der Waals surface area contributed by atoms with E-state index in [9.17, 15) is 9.59 Å². The average Bonchev–Trinajstić information content (AvgIpc) is 3.15. The zero-order chi connectivity index (χ0) is 24.7. The molecule has 7 heteroatoms. The molecule has 3 unspecified atom stereocenters. The molecule has 1 spiro atoms. The van der Waals surface area contributed by atoms with Gasteiger partial charge in [0, 0.05) is 0 Å². The van der Waals surface area contributed by atoms with Crippen LogP contribution in [-0.4, -0.2) is 71.3 Å². The minimum absolute atomic E-state index is 0.0204. The number of allylic oxidation sites excluding steroid dienone is 1. The number of amides is 1. The summed E-state index contributed by atoms with van der Waals surface area (Å²) >= 11 is 6.29. The summed E-state index contributed by atoms with van der Waals surface area (Å²) in [5.74, 6) is -0.0769. The van der Waals surface area contributed by atoms with E-state index in [1.54, 1.807) is 0 Å². The van der Waals surface area contributed by atoms with Crippen LogP contribution >= 0.6 is 11.6 Å². The van der Waals surface area contributed by atoms with Gasteiger partial charge in [-0.3, -0.25) is 0 Å². The van der Waals surface area contributed by atoms with E-state index in [4.69, 9.17) is 16.3 Å². The number of Topliss-reactive ketones (excluding diaryl/α,β-unsaturated/α-hetero) is 1. The number of rotatable bonds is 5. The summed E-state index contributed by atoms with van der Waals surface area (Å²) in [5.41, 5.74) is 0.994. The molecular weight excluding hydrogens is 604 g/mol. The summed E-state index contributed by atoms with van der Waals surface area (Å²) in [5, 5.41) is 0.194. The van der Waals surface area contributed by atoms with Gasteiger partial charge in [0.25, 0.3) is 0 Å². The van der Waals surface area contributed by atoms with Gasteiger partial charge in [0.1, 0.15) is 0 Å². The molecule has 0 bridgehead atoms. The summed E-state index contributed by atoms with van der Waals surface area (Å²) in [6, 6.07) is 30.2. The molecule has 3 aromatic rings. The van der Waals surface area contributed by atoms with Crippen LogP contribution in [-0.2, 0) is 14.3 Å². The Balaban J connectivity index is 1.56. The zero-order valence-corrected chi connectivity index (χ0v) is 23.4. The van der Waals surface area contributed by atoms with Crippen LogP contribution in [0.5, 0.6) is 0 Å². The molecule has 180 valence electrons. The van der Waals surface area contributed by atoms with Crippen molar-refractivity contribution in [3.63, 3.8) is 0 Å². The van der Waals surface area contributed by atoms with Crippen LogP contribution in [0.2, 0.25) is 4.82 Å². The van der Waals surface area contributed by atoms with Gasteiger partial charge in [0.05, 0.1) is 0 Å². The third-order valence-corrected chi connectivity index (χ3v) is 11.9. The van der Waals surface area contributed by atoms with Crippen LogP contribution in [0.4, 0.5) is 0 Å². The number of hydrogen-bond donors (Lipinski definition) is 0. The molecule has 1 amide bonds. The second-order valence-electron chi connectivity index (χ2n) is 8.77. The fourth-order valence-corrected chi connectivity index (χ4v) is 10.6. The van der Waals surface area contributed by atoms with Crippen molar-refractivity contribution in [1.29, 1.82) is 0 Å². The van der Waals surface area contributed by atoms with Gasteiger partial charge in [-0.2, -0.15) is 0 Å². The average molecular weight is 626 g/mol. The Hall–Kier alpha value is -2.43. The van der Waals surface area contributed by atoms with E-state index in [1.165, 1.54) is 0 Å². The number of carbonyl (C=O) groups excluding carboxylic acids is 2. The molecule has 6 rings (SSSR count). The molecule has 3 aliphatic rings. The normalized spacial score (nSPS) is 25.5. The quantitative estimate of drug-likeness (QED) is 0.410. The Kier molecular flexibility index (Phi) is 6.51. The molecule has 3 aromatic carbocycles. The Bertz CT molecular complexity index is 1380. The second-order valence-corrected chi connectivity index (χ2v) is 14.0. The van der Waals surface area contributed by atoms with Gasteiger partial charge in [-0.1, -0.05) is 0 Å². The van der Waals surface area contributed by atoms with Crippen LogP contribution in [0, 0.1) is 0 Å². The monoisotopic (exact) mass is 627 g/mol. The third-order valence-electron chi connectivity index (χ3n) is 6.71. The van der Waals surface area contributed by atoms with Crippen molar-refractivity contribution in [3.05, 3.63) is 112 Å². The number of carbonyl (C=O) groups is 2. The number of benzene rings is 3. The van der Waals surface area contributed by atoms with E-state index < -0.39 is 16.5 Å². The molecule has 2 aliphatic heterocycles. The number of nitrogens with zero attached hydrogens (tertiary/aromatic N) is 1. The van der Waals surface area contributed by atoms with Crippen molar-refractivity contribution in [1.82, 2.24) is 4.90 Å². The van der Waals surface area contributed by atoms with Crippen molar-refractivity contribution < 1.29 is 14.3 Å². The first kappa shape index (κ1) is 23.9. The van der Waals surface area contributed by atoms with E-state index in [0.717, 1.165) is 24.5 Å². The molecule has 0 N–H and O–H groups in total. The molecule has 1 aliphatic carbocycles. The van der Waals surface area contributed by atoms with Crippen LogP contribution < -0.4 is 8.92 Å². The van der Waals surface area contributed by atoms with Crippen molar-refractivity contribution in [2.45, 2.75) is 16.5 Å². The first-order chi connectivity index (χ1) is 17.6. The van der Waals surface area contributed by atoms with Crippen molar-refractivity contribution in [3.8, 4) is 0 Å². The van der Waals surface area contributed by atoms with Crippen LogP contribution in [0.1, 0.15) is 5.56 Å². The van der Waals surface area contributed by atoms with Gasteiger partial charge in [0.2, 0.25) is 0 Å². The number of hydrogen-bond acceptors (Lipinski definition) is 3. The fraction of sp³-hybridized carbons (Fsp3) is 0.172. The van der Waals surface area contributed by atoms with E-state index >= 15 is 0 Å². The summed E-state index contributed by atoms with van der Waals surface area (Å²) in [6.45, 7) is 0.853. The fourth-order valence-electron chi connectivity index (χ4n) is 5.21. The molecule has 1 saturated heterocycles. The van der Waals surface area contributed by atoms with Gasteiger partial charge < -0.3 is 0 Å². The van der Waals surface area contributed by atoms with Gasteiger partial charge in [-0.15, -0.1) is 0 Å².